The van der Waals surface area contributed by atoms with Crippen molar-refractivity contribution in [2.24, 2.45) is 7.05 Å². The quantitative estimate of drug-likeness (QED) is 0.758. The monoisotopic (exact) mass is 233 g/mol. The van der Waals surface area contributed by atoms with E-state index in [2.05, 4.69) is 0 Å². The molecule has 0 bridgehead atoms. The molecule has 2 rings (SSSR count). The van der Waals surface area contributed by atoms with Crippen molar-refractivity contribution in [2.45, 2.75) is 12.8 Å². The summed E-state index contributed by atoms with van der Waals surface area (Å²) < 4.78 is 15.1. The Labute approximate surface area is 97.5 Å². The number of aldehydes is 1. The van der Waals surface area contributed by atoms with Crippen molar-refractivity contribution in [2.75, 3.05) is 0 Å². The lowest BCUT2D eigenvalue weighted by molar-refractivity contribution is -0.107. The van der Waals surface area contributed by atoms with Crippen LogP contribution in [-0.4, -0.2) is 10.9 Å². The van der Waals surface area contributed by atoms with Crippen LogP contribution in [0.4, 0.5) is 4.39 Å². The second kappa shape index (κ2) is 4.49. The Morgan fingerprint density at radius 3 is 2.71 bits per heavy atom. The molecule has 88 valence electrons. The SMILES string of the molecule is Cn1c(=O)ccc2ccc(F)c(CCC=O)c21. The Bertz CT molecular complexity index is 631. The smallest absolute Gasteiger partial charge is 0.250 e. The van der Waals surface area contributed by atoms with Crippen LogP contribution < -0.4 is 5.56 Å². The molecule has 0 saturated carbocycles. The summed E-state index contributed by atoms with van der Waals surface area (Å²) in [7, 11) is 1.61. The molecule has 0 aliphatic rings. The number of benzene rings is 1. The molecular weight excluding hydrogens is 221 g/mol. The minimum Gasteiger partial charge on any atom is -0.311 e. The summed E-state index contributed by atoms with van der Waals surface area (Å²) in [5.41, 5.74) is 0.810. The van der Waals surface area contributed by atoms with Crippen molar-refractivity contribution in [3.8, 4) is 0 Å². The molecule has 3 nitrogen and oxygen atoms in total. The van der Waals surface area contributed by atoms with E-state index in [1.807, 2.05) is 0 Å². The van der Waals surface area contributed by atoms with Crippen LogP contribution in [0.2, 0.25) is 0 Å². The first-order valence-corrected chi connectivity index (χ1v) is 5.36. The second-order valence-electron chi connectivity index (χ2n) is 3.90. The number of hydrogen-bond donors (Lipinski definition) is 0. The van der Waals surface area contributed by atoms with Crippen molar-refractivity contribution in [3.05, 3.63) is 46.0 Å². The lowest BCUT2D eigenvalue weighted by atomic mass is 10.0. The van der Waals surface area contributed by atoms with Crippen LogP contribution >= 0.6 is 0 Å². The predicted octanol–water partition coefficient (Wildman–Crippen LogP) is 1.81. The molecule has 2 aromatic rings. The number of carbonyl (C=O) groups excluding carboxylic acids is 1. The number of nitrogens with zero attached hydrogens (tertiary/aromatic N) is 1. The van der Waals surface area contributed by atoms with Crippen molar-refractivity contribution >= 4 is 17.2 Å². The maximum absolute atomic E-state index is 13.7. The molecule has 0 saturated heterocycles. The van der Waals surface area contributed by atoms with Gasteiger partial charge in [-0.2, -0.15) is 0 Å². The maximum atomic E-state index is 13.7. The summed E-state index contributed by atoms with van der Waals surface area (Å²) in [5.74, 6) is -0.374. The molecule has 0 fully saturated rings. The van der Waals surface area contributed by atoms with Crippen LogP contribution in [0.15, 0.2) is 29.1 Å². The van der Waals surface area contributed by atoms with Gasteiger partial charge in [-0.15, -0.1) is 0 Å². The molecule has 4 heteroatoms. The zero-order valence-electron chi connectivity index (χ0n) is 9.44. The molecule has 1 heterocycles. The van der Waals surface area contributed by atoms with Gasteiger partial charge >= 0.3 is 0 Å². The van der Waals surface area contributed by atoms with Gasteiger partial charge in [0.15, 0.2) is 0 Å². The van der Waals surface area contributed by atoms with Gasteiger partial charge in [-0.1, -0.05) is 0 Å². The fourth-order valence-corrected chi connectivity index (χ4v) is 1.98. The molecule has 0 amide bonds. The van der Waals surface area contributed by atoms with Crippen LogP contribution in [0.3, 0.4) is 0 Å². The normalized spacial score (nSPS) is 10.7. The van der Waals surface area contributed by atoms with Crippen molar-refractivity contribution in [3.63, 3.8) is 0 Å². The van der Waals surface area contributed by atoms with Crippen molar-refractivity contribution in [1.29, 1.82) is 0 Å². The molecule has 0 radical (unpaired) electrons. The van der Waals surface area contributed by atoms with E-state index in [0.29, 0.717) is 17.5 Å². The first-order valence-electron chi connectivity index (χ1n) is 5.36. The molecule has 0 N–H and O–H groups in total. The number of rotatable bonds is 3. The highest BCUT2D eigenvalue weighted by atomic mass is 19.1. The van der Waals surface area contributed by atoms with Gasteiger partial charge in [-0.3, -0.25) is 4.79 Å². The first-order chi connectivity index (χ1) is 8.15. The average Bonchev–Trinajstić information content (AvgIpc) is 2.33. The summed E-state index contributed by atoms with van der Waals surface area (Å²) in [6.45, 7) is 0. The van der Waals surface area contributed by atoms with Crippen LogP contribution in [0, 0.1) is 5.82 Å². The maximum Gasteiger partial charge on any atom is 0.250 e. The average molecular weight is 233 g/mol. The standard InChI is InChI=1S/C13H12FNO2/c1-15-12(17)7-5-9-4-6-11(14)10(13(9)15)3-2-8-16/h4-8H,2-3H2,1H3. The third-order valence-electron chi connectivity index (χ3n) is 2.84. The van der Waals surface area contributed by atoms with Gasteiger partial charge in [0.1, 0.15) is 12.1 Å². The van der Waals surface area contributed by atoms with Gasteiger partial charge in [0.05, 0.1) is 5.52 Å². The zero-order valence-corrected chi connectivity index (χ0v) is 9.44. The van der Waals surface area contributed by atoms with E-state index >= 15 is 0 Å². The lowest BCUT2D eigenvalue weighted by Crippen LogP contribution is -2.16. The fraction of sp³-hybridized carbons (Fsp3) is 0.231. The molecule has 0 aliphatic carbocycles. The fourth-order valence-electron chi connectivity index (χ4n) is 1.98. The predicted molar refractivity (Wildman–Crippen MR) is 63.5 cm³/mol. The third-order valence-corrected chi connectivity index (χ3v) is 2.84. The van der Waals surface area contributed by atoms with Crippen LogP contribution in [0.25, 0.3) is 10.9 Å². The molecule has 1 aromatic carbocycles. The number of aryl methyl sites for hydroxylation is 2. The van der Waals surface area contributed by atoms with E-state index in [-0.39, 0.29) is 17.8 Å². The van der Waals surface area contributed by atoms with Crippen molar-refractivity contribution < 1.29 is 9.18 Å². The number of carbonyl (C=O) groups is 1. The first kappa shape index (κ1) is 11.5. The number of halogens is 1. The lowest BCUT2D eigenvalue weighted by Gasteiger charge is -2.10. The second-order valence-corrected chi connectivity index (χ2v) is 3.90. The Kier molecular flexibility index (Phi) is 3.04. The van der Waals surface area contributed by atoms with E-state index in [1.54, 1.807) is 19.2 Å². The summed E-state index contributed by atoms with van der Waals surface area (Å²) >= 11 is 0. The molecule has 1 aromatic heterocycles. The van der Waals surface area contributed by atoms with Gasteiger partial charge in [0, 0.05) is 25.1 Å². The van der Waals surface area contributed by atoms with E-state index in [9.17, 15) is 14.0 Å². The van der Waals surface area contributed by atoms with E-state index in [1.165, 1.54) is 16.7 Å². The topological polar surface area (TPSA) is 39.1 Å². The highest BCUT2D eigenvalue weighted by Crippen LogP contribution is 2.21. The number of hydrogen-bond acceptors (Lipinski definition) is 2. The van der Waals surface area contributed by atoms with Gasteiger partial charge in [0.2, 0.25) is 0 Å². The van der Waals surface area contributed by atoms with Gasteiger partial charge in [-0.05, 0) is 30.0 Å². The Morgan fingerprint density at radius 2 is 2.00 bits per heavy atom. The summed E-state index contributed by atoms with van der Waals surface area (Å²) in [5, 5.41) is 0.800. The zero-order chi connectivity index (χ0) is 12.4. The Hall–Kier alpha value is -1.97. The minimum absolute atomic E-state index is 0.185. The third kappa shape index (κ3) is 1.98. The number of fused-ring (bicyclic) bond motifs is 1. The van der Waals surface area contributed by atoms with Crippen LogP contribution in [0.1, 0.15) is 12.0 Å². The molecular formula is C13H12FNO2. The molecule has 0 spiro atoms. The van der Waals surface area contributed by atoms with E-state index in [4.69, 9.17) is 0 Å². The highest BCUT2D eigenvalue weighted by molar-refractivity contribution is 5.82. The summed E-state index contributed by atoms with van der Waals surface area (Å²) in [4.78, 5) is 21.9. The Morgan fingerprint density at radius 1 is 1.29 bits per heavy atom. The summed E-state index contributed by atoms with van der Waals surface area (Å²) in [6.07, 6.45) is 1.31. The van der Waals surface area contributed by atoms with E-state index < -0.39 is 0 Å². The van der Waals surface area contributed by atoms with Gasteiger partial charge in [-0.25, -0.2) is 4.39 Å². The molecule has 0 atom stereocenters. The minimum atomic E-state index is -0.374. The van der Waals surface area contributed by atoms with E-state index in [0.717, 1.165) is 11.7 Å². The van der Waals surface area contributed by atoms with Crippen LogP contribution in [0.5, 0.6) is 0 Å². The summed E-state index contributed by atoms with van der Waals surface area (Å²) in [6, 6.07) is 6.12. The van der Waals surface area contributed by atoms with Gasteiger partial charge < -0.3 is 9.36 Å². The largest absolute Gasteiger partial charge is 0.311 e. The number of aromatic nitrogens is 1. The number of pyridine rings is 1. The van der Waals surface area contributed by atoms with Crippen molar-refractivity contribution in [1.82, 2.24) is 4.57 Å². The van der Waals surface area contributed by atoms with Crippen LogP contribution in [-0.2, 0) is 18.3 Å². The highest BCUT2D eigenvalue weighted by Gasteiger charge is 2.10. The van der Waals surface area contributed by atoms with Gasteiger partial charge in [0.25, 0.3) is 5.56 Å². The Balaban J connectivity index is 2.78. The molecule has 0 aliphatic heterocycles. The molecule has 17 heavy (non-hydrogen) atoms. The molecule has 0 unspecified atom stereocenters.